The molecule has 0 unspecified atom stereocenters. The lowest BCUT2D eigenvalue weighted by atomic mass is 10.5. The van der Waals surface area contributed by atoms with Gasteiger partial charge in [-0.05, 0) is 12.2 Å². The molecule has 6 nitrogen and oxygen atoms in total. The molecule has 2 heterocycles. The summed E-state index contributed by atoms with van der Waals surface area (Å²) in [5.41, 5.74) is -0.0867. The summed E-state index contributed by atoms with van der Waals surface area (Å²) in [6, 6.07) is 0. The smallest absolute Gasteiger partial charge is 0.279 e. The van der Waals surface area contributed by atoms with Gasteiger partial charge in [-0.2, -0.15) is 4.73 Å². The minimum absolute atomic E-state index is 0.131. The lowest BCUT2D eigenvalue weighted by Crippen LogP contribution is -2.08. The Morgan fingerprint density at radius 3 is 3.08 bits per heavy atom. The second kappa shape index (κ2) is 2.18. The molecule has 2 aromatic rings. The first-order valence-corrected chi connectivity index (χ1v) is 3.48. The summed E-state index contributed by atoms with van der Waals surface area (Å²) in [6.07, 6.45) is 1.12. The molecule has 2 aromatic heterocycles. The Hall–Kier alpha value is -1.63. The maximum Gasteiger partial charge on any atom is 0.279 e. The van der Waals surface area contributed by atoms with Crippen LogP contribution in [0.4, 0.5) is 0 Å². The van der Waals surface area contributed by atoms with E-state index in [-0.39, 0.29) is 15.9 Å². The van der Waals surface area contributed by atoms with Crippen molar-refractivity contribution >= 4 is 23.4 Å². The molecule has 0 amide bonds. The Morgan fingerprint density at radius 1 is 1.58 bits per heavy atom. The number of aromatic amines is 2. The van der Waals surface area contributed by atoms with Gasteiger partial charge in [0.2, 0.25) is 0 Å². The molecular formula is C5H4N4O2S. The van der Waals surface area contributed by atoms with E-state index in [0.717, 1.165) is 6.33 Å². The first kappa shape index (κ1) is 7.04. The fourth-order valence-corrected chi connectivity index (χ4v) is 1.11. The van der Waals surface area contributed by atoms with Crippen LogP contribution in [0.2, 0.25) is 0 Å². The molecular weight excluding hydrogens is 180 g/mol. The monoisotopic (exact) mass is 184 g/mol. The minimum atomic E-state index is -0.415. The Morgan fingerprint density at radius 2 is 2.33 bits per heavy atom. The number of rotatable bonds is 0. The number of fused-ring (bicyclic) bond motifs is 1. The molecule has 0 saturated heterocycles. The van der Waals surface area contributed by atoms with Gasteiger partial charge in [-0.1, -0.05) is 0 Å². The van der Waals surface area contributed by atoms with E-state index in [1.54, 1.807) is 0 Å². The number of H-pyrrole nitrogens is 2. The summed E-state index contributed by atoms with van der Waals surface area (Å²) in [5, 5.41) is 9.08. The van der Waals surface area contributed by atoms with Crippen LogP contribution in [0.5, 0.6) is 0 Å². The van der Waals surface area contributed by atoms with Crippen molar-refractivity contribution in [2.45, 2.75) is 0 Å². The molecule has 0 aromatic carbocycles. The summed E-state index contributed by atoms with van der Waals surface area (Å²) < 4.78 is 0.865. The van der Waals surface area contributed by atoms with Crippen LogP contribution in [0.25, 0.3) is 11.2 Å². The fourth-order valence-electron chi connectivity index (χ4n) is 0.924. The van der Waals surface area contributed by atoms with E-state index in [0.29, 0.717) is 4.73 Å². The highest BCUT2D eigenvalue weighted by Gasteiger charge is 2.04. The van der Waals surface area contributed by atoms with E-state index in [9.17, 15) is 4.79 Å². The Balaban J connectivity index is 3.13. The summed E-state index contributed by atoms with van der Waals surface area (Å²) in [4.78, 5) is 19.7. The molecule has 3 N–H and O–H groups in total. The third kappa shape index (κ3) is 0.832. The van der Waals surface area contributed by atoms with Crippen LogP contribution in [0.15, 0.2) is 11.1 Å². The molecule has 12 heavy (non-hydrogen) atoms. The van der Waals surface area contributed by atoms with Gasteiger partial charge < -0.3 is 10.2 Å². The number of aromatic nitrogens is 4. The number of nitrogens with one attached hydrogen (secondary N) is 2. The van der Waals surface area contributed by atoms with Crippen molar-refractivity contribution < 1.29 is 5.21 Å². The largest absolute Gasteiger partial charge is 0.425 e. The van der Waals surface area contributed by atoms with Crippen LogP contribution >= 0.6 is 12.2 Å². The first-order valence-electron chi connectivity index (χ1n) is 3.07. The summed E-state index contributed by atoms with van der Waals surface area (Å²) in [7, 11) is 0. The van der Waals surface area contributed by atoms with E-state index in [4.69, 9.17) is 5.21 Å². The Kier molecular flexibility index (Phi) is 1.28. The van der Waals surface area contributed by atoms with Gasteiger partial charge >= 0.3 is 0 Å². The van der Waals surface area contributed by atoms with Crippen LogP contribution in [-0.2, 0) is 0 Å². The van der Waals surface area contributed by atoms with Gasteiger partial charge in [0, 0.05) is 0 Å². The van der Waals surface area contributed by atoms with Crippen LogP contribution in [0.1, 0.15) is 0 Å². The molecule has 62 valence electrons. The predicted octanol–water partition coefficient (Wildman–Crippen LogP) is 0.0195. The number of hydrogen-bond acceptors (Lipinski definition) is 4. The van der Waals surface area contributed by atoms with E-state index < -0.39 is 5.56 Å². The SMILES string of the molecule is O=c1[nH]c(=S)[nH]c2c1ncn2O. The lowest BCUT2D eigenvalue weighted by molar-refractivity contribution is 0.196. The highest BCUT2D eigenvalue weighted by atomic mass is 32.1. The van der Waals surface area contributed by atoms with Crippen LogP contribution in [0, 0.1) is 4.77 Å². The molecule has 0 fully saturated rings. The first-order chi connectivity index (χ1) is 5.68. The van der Waals surface area contributed by atoms with E-state index in [1.165, 1.54) is 0 Å². The Bertz CT molecular complexity index is 536. The molecule has 2 rings (SSSR count). The van der Waals surface area contributed by atoms with E-state index in [1.807, 2.05) is 0 Å². The zero-order valence-corrected chi connectivity index (χ0v) is 6.55. The van der Waals surface area contributed by atoms with Crippen molar-refractivity contribution in [1.29, 1.82) is 0 Å². The molecule has 0 aliphatic rings. The van der Waals surface area contributed by atoms with E-state index >= 15 is 0 Å². The van der Waals surface area contributed by atoms with Gasteiger partial charge in [0.25, 0.3) is 5.56 Å². The maximum atomic E-state index is 11.1. The molecule has 0 aliphatic carbocycles. The fraction of sp³-hybridized carbons (Fsp3) is 0. The average Bonchev–Trinajstić information content (AvgIpc) is 2.33. The van der Waals surface area contributed by atoms with Crippen molar-refractivity contribution in [2.75, 3.05) is 0 Å². The second-order valence-corrected chi connectivity index (χ2v) is 2.60. The maximum absolute atomic E-state index is 11.1. The summed E-state index contributed by atoms with van der Waals surface area (Å²) >= 11 is 4.69. The zero-order valence-electron chi connectivity index (χ0n) is 5.74. The zero-order chi connectivity index (χ0) is 8.72. The topological polar surface area (TPSA) is 86.7 Å². The summed E-state index contributed by atoms with van der Waals surface area (Å²) in [6.45, 7) is 0. The van der Waals surface area contributed by atoms with Gasteiger partial charge in [-0.3, -0.25) is 9.78 Å². The lowest BCUT2D eigenvalue weighted by Gasteiger charge is -1.90. The van der Waals surface area contributed by atoms with Crippen molar-refractivity contribution in [3.05, 3.63) is 21.5 Å². The second-order valence-electron chi connectivity index (χ2n) is 2.19. The third-order valence-corrected chi connectivity index (χ3v) is 1.63. The number of nitrogens with zero attached hydrogens (tertiary/aromatic N) is 2. The van der Waals surface area contributed by atoms with Gasteiger partial charge in [0.1, 0.15) is 6.33 Å². The van der Waals surface area contributed by atoms with Crippen molar-refractivity contribution in [1.82, 2.24) is 19.7 Å². The van der Waals surface area contributed by atoms with Crippen molar-refractivity contribution in [3.63, 3.8) is 0 Å². The standard InChI is InChI=1S/C5H4N4O2S/c10-4-2-3(7-5(12)8-4)9(11)1-6-2/h1,11H,(H2,7,8,10,12). The van der Waals surface area contributed by atoms with Gasteiger partial charge in [-0.25, -0.2) is 4.98 Å². The highest BCUT2D eigenvalue weighted by Crippen LogP contribution is 2.00. The molecule has 0 atom stereocenters. The number of hydrogen-bond donors (Lipinski definition) is 3. The predicted molar refractivity (Wildman–Crippen MR) is 42.7 cm³/mol. The molecule has 0 saturated carbocycles. The molecule has 0 spiro atoms. The highest BCUT2D eigenvalue weighted by molar-refractivity contribution is 7.71. The molecule has 0 radical (unpaired) electrons. The van der Waals surface area contributed by atoms with E-state index in [2.05, 4.69) is 27.2 Å². The summed E-state index contributed by atoms with van der Waals surface area (Å²) in [5.74, 6) is 0. The molecule has 0 bridgehead atoms. The quantitative estimate of drug-likeness (QED) is 0.398. The van der Waals surface area contributed by atoms with Gasteiger partial charge in [0.15, 0.2) is 15.9 Å². The van der Waals surface area contributed by atoms with Crippen molar-refractivity contribution in [3.8, 4) is 0 Å². The van der Waals surface area contributed by atoms with Crippen LogP contribution in [-0.4, -0.2) is 24.9 Å². The van der Waals surface area contributed by atoms with Gasteiger partial charge in [-0.15, -0.1) is 0 Å². The third-order valence-electron chi connectivity index (χ3n) is 1.42. The normalized spacial score (nSPS) is 10.7. The Labute approximate surface area is 70.5 Å². The average molecular weight is 184 g/mol. The van der Waals surface area contributed by atoms with Crippen LogP contribution in [0.3, 0.4) is 0 Å². The minimum Gasteiger partial charge on any atom is -0.425 e. The molecule has 7 heteroatoms. The molecule has 0 aliphatic heterocycles. The number of imidazole rings is 1. The van der Waals surface area contributed by atoms with Crippen molar-refractivity contribution in [2.24, 2.45) is 0 Å². The van der Waals surface area contributed by atoms with Crippen LogP contribution < -0.4 is 5.56 Å². The van der Waals surface area contributed by atoms with Gasteiger partial charge in [0.05, 0.1) is 0 Å².